The van der Waals surface area contributed by atoms with Crippen LogP contribution in [0, 0.1) is 11.7 Å². The van der Waals surface area contributed by atoms with Crippen molar-refractivity contribution in [3.05, 3.63) is 34.6 Å². The van der Waals surface area contributed by atoms with Gasteiger partial charge in [0.05, 0.1) is 6.10 Å². The lowest BCUT2D eigenvalue weighted by molar-refractivity contribution is 0.108. The Morgan fingerprint density at radius 1 is 1.47 bits per heavy atom. The molecule has 0 radical (unpaired) electrons. The molecule has 84 valence electrons. The lowest BCUT2D eigenvalue weighted by Gasteiger charge is -2.20. The normalized spacial score (nSPS) is 15.0. The van der Waals surface area contributed by atoms with Crippen LogP contribution in [0.1, 0.15) is 38.4 Å². The molecule has 1 N–H and O–H groups in total. The van der Waals surface area contributed by atoms with E-state index in [1.165, 1.54) is 6.07 Å². The van der Waals surface area contributed by atoms with Crippen LogP contribution in [0.15, 0.2) is 18.2 Å². The van der Waals surface area contributed by atoms with Gasteiger partial charge in [-0.15, -0.1) is 0 Å². The van der Waals surface area contributed by atoms with Gasteiger partial charge in [-0.25, -0.2) is 4.39 Å². The van der Waals surface area contributed by atoms with Gasteiger partial charge in [-0.2, -0.15) is 0 Å². The molecule has 0 saturated carbocycles. The molecule has 2 atom stereocenters. The molecule has 0 aromatic heterocycles. The molecule has 0 aliphatic carbocycles. The molecule has 0 spiro atoms. The van der Waals surface area contributed by atoms with E-state index in [0.29, 0.717) is 5.02 Å². The van der Waals surface area contributed by atoms with Crippen LogP contribution in [0.25, 0.3) is 0 Å². The Morgan fingerprint density at radius 3 is 2.67 bits per heavy atom. The van der Waals surface area contributed by atoms with Crippen LogP contribution in [-0.2, 0) is 0 Å². The third kappa shape index (κ3) is 2.93. The van der Waals surface area contributed by atoms with Crippen LogP contribution in [0.5, 0.6) is 0 Å². The fourth-order valence-electron chi connectivity index (χ4n) is 1.69. The summed E-state index contributed by atoms with van der Waals surface area (Å²) in [7, 11) is 0. The molecule has 2 unspecified atom stereocenters. The maximum atomic E-state index is 13.5. The van der Waals surface area contributed by atoms with E-state index in [1.807, 2.05) is 13.8 Å². The van der Waals surface area contributed by atoms with Crippen molar-refractivity contribution >= 4 is 11.6 Å². The van der Waals surface area contributed by atoms with Crippen LogP contribution in [0.3, 0.4) is 0 Å². The third-order valence-corrected chi connectivity index (χ3v) is 2.91. The predicted molar refractivity (Wildman–Crippen MR) is 60.4 cm³/mol. The highest BCUT2D eigenvalue weighted by atomic mass is 35.5. The highest BCUT2D eigenvalue weighted by molar-refractivity contribution is 6.31. The molecule has 0 aliphatic rings. The monoisotopic (exact) mass is 230 g/mol. The summed E-state index contributed by atoms with van der Waals surface area (Å²) < 4.78 is 13.5. The molecular weight excluding hydrogens is 215 g/mol. The van der Waals surface area contributed by atoms with Crippen LogP contribution in [0.4, 0.5) is 4.39 Å². The van der Waals surface area contributed by atoms with Gasteiger partial charge in [0.1, 0.15) is 5.82 Å². The van der Waals surface area contributed by atoms with E-state index in [0.717, 1.165) is 12.8 Å². The minimum atomic E-state index is -0.821. The number of halogens is 2. The second-order valence-electron chi connectivity index (χ2n) is 3.85. The Kier molecular flexibility index (Phi) is 4.55. The summed E-state index contributed by atoms with van der Waals surface area (Å²) in [6.07, 6.45) is 0.995. The highest BCUT2D eigenvalue weighted by Crippen LogP contribution is 2.32. The zero-order chi connectivity index (χ0) is 11.4. The van der Waals surface area contributed by atoms with Gasteiger partial charge in [-0.1, -0.05) is 37.9 Å². The van der Waals surface area contributed by atoms with E-state index in [2.05, 4.69) is 0 Å². The molecule has 0 fully saturated rings. The summed E-state index contributed by atoms with van der Waals surface area (Å²) in [6, 6.07) is 4.46. The molecular formula is C12H16ClFO. The van der Waals surface area contributed by atoms with Crippen molar-refractivity contribution in [1.82, 2.24) is 0 Å². The van der Waals surface area contributed by atoms with E-state index in [4.69, 9.17) is 11.6 Å². The fraction of sp³-hybridized carbons (Fsp3) is 0.500. The minimum Gasteiger partial charge on any atom is -0.388 e. The van der Waals surface area contributed by atoms with Gasteiger partial charge in [-0.3, -0.25) is 0 Å². The number of benzene rings is 1. The number of aliphatic hydroxyl groups is 1. The summed E-state index contributed by atoms with van der Waals surface area (Å²) in [4.78, 5) is 0. The van der Waals surface area contributed by atoms with Gasteiger partial charge >= 0.3 is 0 Å². The van der Waals surface area contributed by atoms with Crippen LogP contribution >= 0.6 is 11.6 Å². The third-order valence-electron chi connectivity index (χ3n) is 2.58. The Balaban J connectivity index is 2.94. The van der Waals surface area contributed by atoms with E-state index >= 15 is 0 Å². The van der Waals surface area contributed by atoms with Crippen molar-refractivity contribution in [2.75, 3.05) is 0 Å². The van der Waals surface area contributed by atoms with Crippen LogP contribution in [-0.4, -0.2) is 5.11 Å². The first-order valence-electron chi connectivity index (χ1n) is 5.19. The van der Waals surface area contributed by atoms with E-state index in [1.54, 1.807) is 12.1 Å². The SMILES string of the molecule is CCCC(C)C(O)c1c(F)cccc1Cl. The van der Waals surface area contributed by atoms with E-state index in [-0.39, 0.29) is 11.5 Å². The highest BCUT2D eigenvalue weighted by Gasteiger charge is 2.21. The van der Waals surface area contributed by atoms with Gasteiger partial charge in [0, 0.05) is 10.6 Å². The van der Waals surface area contributed by atoms with Crippen LogP contribution in [0.2, 0.25) is 5.02 Å². The second kappa shape index (κ2) is 5.47. The number of hydrogen-bond acceptors (Lipinski definition) is 1. The number of rotatable bonds is 4. The summed E-state index contributed by atoms with van der Waals surface area (Å²) in [5, 5.41) is 10.3. The maximum absolute atomic E-state index is 13.5. The van der Waals surface area contributed by atoms with Crippen molar-refractivity contribution in [3.63, 3.8) is 0 Å². The second-order valence-corrected chi connectivity index (χ2v) is 4.25. The van der Waals surface area contributed by atoms with E-state index in [9.17, 15) is 9.50 Å². The van der Waals surface area contributed by atoms with Crippen molar-refractivity contribution in [1.29, 1.82) is 0 Å². The molecule has 0 heterocycles. The van der Waals surface area contributed by atoms with Gasteiger partial charge < -0.3 is 5.11 Å². The average Bonchev–Trinajstić information content (AvgIpc) is 2.17. The van der Waals surface area contributed by atoms with Crippen molar-refractivity contribution in [2.45, 2.75) is 32.8 Å². The summed E-state index contributed by atoms with van der Waals surface area (Å²) in [5.41, 5.74) is 0.222. The van der Waals surface area contributed by atoms with Gasteiger partial charge in [0.2, 0.25) is 0 Å². The number of aliphatic hydroxyl groups excluding tert-OH is 1. The topological polar surface area (TPSA) is 20.2 Å². The molecule has 3 heteroatoms. The Hall–Kier alpha value is -0.600. The van der Waals surface area contributed by atoms with Crippen molar-refractivity contribution in [2.24, 2.45) is 5.92 Å². The summed E-state index contributed by atoms with van der Waals surface area (Å²) in [6.45, 7) is 3.93. The summed E-state index contributed by atoms with van der Waals surface area (Å²) in [5.74, 6) is -0.414. The molecule has 0 saturated heterocycles. The molecule has 15 heavy (non-hydrogen) atoms. The van der Waals surface area contributed by atoms with E-state index < -0.39 is 11.9 Å². The first-order chi connectivity index (χ1) is 7.07. The molecule has 0 aliphatic heterocycles. The Bertz CT molecular complexity index is 307. The molecule has 1 aromatic carbocycles. The molecule has 1 nitrogen and oxygen atoms in total. The lowest BCUT2D eigenvalue weighted by atomic mass is 9.93. The molecule has 1 aromatic rings. The van der Waals surface area contributed by atoms with Gasteiger partial charge in [-0.05, 0) is 24.5 Å². The average molecular weight is 231 g/mol. The lowest BCUT2D eigenvalue weighted by Crippen LogP contribution is -2.11. The largest absolute Gasteiger partial charge is 0.388 e. The van der Waals surface area contributed by atoms with Gasteiger partial charge in [0.15, 0.2) is 0 Å². The van der Waals surface area contributed by atoms with Crippen LogP contribution < -0.4 is 0 Å². The Morgan fingerprint density at radius 2 is 2.13 bits per heavy atom. The van der Waals surface area contributed by atoms with Crippen molar-refractivity contribution in [3.8, 4) is 0 Å². The zero-order valence-corrected chi connectivity index (χ0v) is 9.76. The first-order valence-corrected chi connectivity index (χ1v) is 5.57. The smallest absolute Gasteiger partial charge is 0.130 e. The predicted octanol–water partition coefficient (Wildman–Crippen LogP) is 3.95. The standard InChI is InChI=1S/C12H16ClFO/c1-3-5-8(2)12(15)11-9(13)6-4-7-10(11)14/h4,6-8,12,15H,3,5H2,1-2H3. The maximum Gasteiger partial charge on any atom is 0.130 e. The molecule has 1 rings (SSSR count). The Labute approximate surface area is 94.9 Å². The molecule has 0 amide bonds. The van der Waals surface area contributed by atoms with Gasteiger partial charge in [0.25, 0.3) is 0 Å². The summed E-state index contributed by atoms with van der Waals surface area (Å²) >= 11 is 5.87. The quantitative estimate of drug-likeness (QED) is 0.831. The first kappa shape index (κ1) is 12.5. The minimum absolute atomic E-state index is 0.0180. The number of hydrogen-bond donors (Lipinski definition) is 1. The van der Waals surface area contributed by atoms with Crippen molar-refractivity contribution < 1.29 is 9.50 Å². The molecule has 0 bridgehead atoms. The zero-order valence-electron chi connectivity index (χ0n) is 9.00. The fourth-order valence-corrected chi connectivity index (χ4v) is 1.97.